The summed E-state index contributed by atoms with van der Waals surface area (Å²) in [4.78, 5) is 16.1. The van der Waals surface area contributed by atoms with Gasteiger partial charge in [-0.15, -0.1) is 0 Å². The molecule has 2 saturated heterocycles. The van der Waals surface area contributed by atoms with E-state index in [1.165, 1.54) is 12.8 Å². The number of nitrogens with zero attached hydrogens (tertiary/aromatic N) is 2. The van der Waals surface area contributed by atoms with Crippen LogP contribution in [0.25, 0.3) is 0 Å². The zero-order valence-electron chi connectivity index (χ0n) is 10.4. The van der Waals surface area contributed by atoms with Gasteiger partial charge < -0.3 is 15.1 Å². The lowest BCUT2D eigenvalue weighted by Gasteiger charge is -2.28. The normalized spacial score (nSPS) is 23.6. The standard InChI is InChI=1S/C12H23N3O/c1-10(2)15-8-7-14(12(15)16)9-11-3-5-13-6-4-11/h10-11,13H,3-9H2,1-2H3. The third-order valence-electron chi connectivity index (χ3n) is 3.69. The van der Waals surface area contributed by atoms with E-state index in [0.29, 0.717) is 12.0 Å². The average Bonchev–Trinajstić information content (AvgIpc) is 2.62. The molecule has 2 aliphatic heterocycles. The van der Waals surface area contributed by atoms with Crippen molar-refractivity contribution in [3.05, 3.63) is 0 Å². The summed E-state index contributed by atoms with van der Waals surface area (Å²) < 4.78 is 0. The Balaban J connectivity index is 1.84. The topological polar surface area (TPSA) is 35.6 Å². The molecule has 2 heterocycles. The van der Waals surface area contributed by atoms with Gasteiger partial charge >= 0.3 is 6.03 Å². The van der Waals surface area contributed by atoms with Crippen molar-refractivity contribution in [2.24, 2.45) is 5.92 Å². The zero-order valence-corrected chi connectivity index (χ0v) is 10.4. The van der Waals surface area contributed by atoms with Crippen LogP contribution in [0.3, 0.4) is 0 Å². The van der Waals surface area contributed by atoms with E-state index in [2.05, 4.69) is 19.2 Å². The van der Waals surface area contributed by atoms with Crippen LogP contribution in [0.4, 0.5) is 4.79 Å². The molecule has 0 aromatic carbocycles. The molecule has 4 nitrogen and oxygen atoms in total. The Bertz CT molecular complexity index is 249. The smallest absolute Gasteiger partial charge is 0.320 e. The van der Waals surface area contributed by atoms with Crippen LogP contribution in [0.5, 0.6) is 0 Å². The van der Waals surface area contributed by atoms with Gasteiger partial charge in [0.1, 0.15) is 0 Å². The minimum absolute atomic E-state index is 0.244. The molecule has 0 radical (unpaired) electrons. The Morgan fingerprint density at radius 1 is 1.31 bits per heavy atom. The highest BCUT2D eigenvalue weighted by Crippen LogP contribution is 2.18. The van der Waals surface area contributed by atoms with Crippen LogP contribution in [0, 0.1) is 5.92 Å². The highest BCUT2D eigenvalue weighted by molar-refractivity contribution is 5.76. The van der Waals surface area contributed by atoms with Gasteiger partial charge in [0.15, 0.2) is 0 Å². The van der Waals surface area contributed by atoms with Crippen LogP contribution in [-0.4, -0.2) is 54.6 Å². The predicted octanol–water partition coefficient (Wildman–Crippen LogP) is 1.13. The number of nitrogens with one attached hydrogen (secondary N) is 1. The Morgan fingerprint density at radius 2 is 2.00 bits per heavy atom. The quantitative estimate of drug-likeness (QED) is 0.781. The molecule has 2 amide bonds. The van der Waals surface area contributed by atoms with Gasteiger partial charge in [-0.05, 0) is 45.7 Å². The highest BCUT2D eigenvalue weighted by Gasteiger charge is 2.31. The molecule has 0 aromatic heterocycles. The number of carbonyl (C=O) groups excluding carboxylic acids is 1. The van der Waals surface area contributed by atoms with Crippen molar-refractivity contribution in [3.63, 3.8) is 0 Å². The number of rotatable bonds is 3. The van der Waals surface area contributed by atoms with Crippen LogP contribution in [-0.2, 0) is 0 Å². The fraction of sp³-hybridized carbons (Fsp3) is 0.917. The second-order valence-corrected chi connectivity index (χ2v) is 5.21. The summed E-state index contributed by atoms with van der Waals surface area (Å²) >= 11 is 0. The number of hydrogen-bond donors (Lipinski definition) is 1. The molecule has 2 fully saturated rings. The lowest BCUT2D eigenvalue weighted by molar-refractivity contribution is 0.173. The van der Waals surface area contributed by atoms with E-state index in [-0.39, 0.29) is 6.03 Å². The summed E-state index contributed by atoms with van der Waals surface area (Å²) in [5.74, 6) is 0.706. The highest BCUT2D eigenvalue weighted by atomic mass is 16.2. The molecule has 0 unspecified atom stereocenters. The third-order valence-corrected chi connectivity index (χ3v) is 3.69. The van der Waals surface area contributed by atoms with Crippen molar-refractivity contribution < 1.29 is 4.79 Å². The molecule has 2 rings (SSSR count). The van der Waals surface area contributed by atoms with Gasteiger partial charge in [0.25, 0.3) is 0 Å². The molecule has 16 heavy (non-hydrogen) atoms. The predicted molar refractivity (Wildman–Crippen MR) is 64.4 cm³/mol. The Kier molecular flexibility index (Phi) is 3.69. The van der Waals surface area contributed by atoms with E-state index >= 15 is 0 Å². The number of piperidine rings is 1. The Hall–Kier alpha value is -0.770. The van der Waals surface area contributed by atoms with Crippen molar-refractivity contribution >= 4 is 6.03 Å². The van der Waals surface area contributed by atoms with Crippen LogP contribution in [0.15, 0.2) is 0 Å². The summed E-state index contributed by atoms with van der Waals surface area (Å²) in [5, 5.41) is 3.36. The summed E-state index contributed by atoms with van der Waals surface area (Å²) in [5.41, 5.74) is 0. The van der Waals surface area contributed by atoms with Gasteiger partial charge in [-0.3, -0.25) is 0 Å². The summed E-state index contributed by atoms with van der Waals surface area (Å²) in [6.07, 6.45) is 2.43. The van der Waals surface area contributed by atoms with Crippen molar-refractivity contribution in [2.45, 2.75) is 32.7 Å². The minimum Gasteiger partial charge on any atom is -0.323 e. The molecule has 0 atom stereocenters. The molecule has 0 spiro atoms. The van der Waals surface area contributed by atoms with Gasteiger partial charge in [-0.2, -0.15) is 0 Å². The first kappa shape index (κ1) is 11.7. The van der Waals surface area contributed by atoms with Crippen LogP contribution in [0.2, 0.25) is 0 Å². The molecule has 2 aliphatic rings. The van der Waals surface area contributed by atoms with E-state index in [1.807, 2.05) is 9.80 Å². The van der Waals surface area contributed by atoms with E-state index < -0.39 is 0 Å². The molecule has 92 valence electrons. The molecule has 0 bridgehead atoms. The van der Waals surface area contributed by atoms with Crippen molar-refractivity contribution in [3.8, 4) is 0 Å². The van der Waals surface area contributed by atoms with Crippen molar-refractivity contribution in [1.82, 2.24) is 15.1 Å². The largest absolute Gasteiger partial charge is 0.323 e. The first-order valence-corrected chi connectivity index (χ1v) is 6.44. The fourth-order valence-electron chi connectivity index (χ4n) is 2.63. The van der Waals surface area contributed by atoms with Crippen LogP contribution >= 0.6 is 0 Å². The van der Waals surface area contributed by atoms with Gasteiger partial charge in [0, 0.05) is 25.7 Å². The van der Waals surface area contributed by atoms with Crippen molar-refractivity contribution in [2.75, 3.05) is 32.7 Å². The SMILES string of the molecule is CC(C)N1CCN(CC2CCNCC2)C1=O. The van der Waals surface area contributed by atoms with E-state index in [4.69, 9.17) is 0 Å². The first-order valence-electron chi connectivity index (χ1n) is 6.44. The molecular weight excluding hydrogens is 202 g/mol. The fourth-order valence-corrected chi connectivity index (χ4v) is 2.63. The van der Waals surface area contributed by atoms with Crippen molar-refractivity contribution in [1.29, 1.82) is 0 Å². The number of urea groups is 1. The lowest BCUT2D eigenvalue weighted by Crippen LogP contribution is -2.40. The van der Waals surface area contributed by atoms with E-state index in [9.17, 15) is 4.79 Å². The molecular formula is C12H23N3O. The number of hydrogen-bond acceptors (Lipinski definition) is 2. The molecule has 1 N–H and O–H groups in total. The number of carbonyl (C=O) groups is 1. The summed E-state index contributed by atoms with van der Waals surface area (Å²) in [6.45, 7) is 9.19. The van der Waals surface area contributed by atoms with E-state index in [0.717, 1.165) is 32.7 Å². The Morgan fingerprint density at radius 3 is 2.56 bits per heavy atom. The average molecular weight is 225 g/mol. The Labute approximate surface area is 98.0 Å². The zero-order chi connectivity index (χ0) is 11.5. The van der Waals surface area contributed by atoms with E-state index in [1.54, 1.807) is 0 Å². The first-order chi connectivity index (χ1) is 7.68. The molecule has 0 aromatic rings. The molecule has 0 saturated carbocycles. The second kappa shape index (κ2) is 5.04. The maximum Gasteiger partial charge on any atom is 0.320 e. The van der Waals surface area contributed by atoms with Crippen LogP contribution in [0.1, 0.15) is 26.7 Å². The maximum atomic E-state index is 12.1. The number of amides is 2. The maximum absolute atomic E-state index is 12.1. The molecule has 4 heteroatoms. The summed E-state index contributed by atoms with van der Waals surface area (Å²) in [6, 6.07) is 0.582. The summed E-state index contributed by atoms with van der Waals surface area (Å²) in [7, 11) is 0. The molecule has 0 aliphatic carbocycles. The second-order valence-electron chi connectivity index (χ2n) is 5.21. The van der Waals surface area contributed by atoms with Gasteiger partial charge in [-0.25, -0.2) is 4.79 Å². The third kappa shape index (κ3) is 2.48. The lowest BCUT2D eigenvalue weighted by atomic mass is 9.98. The van der Waals surface area contributed by atoms with Gasteiger partial charge in [0.2, 0.25) is 0 Å². The van der Waals surface area contributed by atoms with Gasteiger partial charge in [0.05, 0.1) is 0 Å². The minimum atomic E-state index is 0.244. The van der Waals surface area contributed by atoms with Crippen LogP contribution < -0.4 is 5.32 Å². The van der Waals surface area contributed by atoms with Gasteiger partial charge in [-0.1, -0.05) is 0 Å². The monoisotopic (exact) mass is 225 g/mol.